The van der Waals surface area contributed by atoms with Gasteiger partial charge in [0.1, 0.15) is 38.3 Å². The molecule has 0 spiro atoms. The lowest BCUT2D eigenvalue weighted by atomic mass is 10.1. The Balaban J connectivity index is 1.31. The molecule has 0 atom stereocenters. The van der Waals surface area contributed by atoms with Gasteiger partial charge in [-0.25, -0.2) is 14.8 Å². The highest BCUT2D eigenvalue weighted by Crippen LogP contribution is 2.39. The summed E-state index contributed by atoms with van der Waals surface area (Å²) in [4.78, 5) is 48.1. The Morgan fingerprint density at radius 3 is 1.39 bits per heavy atom. The molecule has 32 heteroatoms. The van der Waals surface area contributed by atoms with Gasteiger partial charge in [0, 0.05) is 62.8 Å². The number of esters is 2. The Kier molecular flexibility index (Phi) is 12.2. The van der Waals surface area contributed by atoms with E-state index >= 15 is 0 Å². The summed E-state index contributed by atoms with van der Waals surface area (Å²) in [7, 11) is -15.2. The van der Waals surface area contributed by atoms with Crippen LogP contribution in [0.15, 0.2) is 129 Å². The van der Waals surface area contributed by atoms with E-state index in [0.717, 1.165) is 94.5 Å². The number of non-ortho nitro benzene ring substituents is 2. The summed E-state index contributed by atoms with van der Waals surface area (Å²) in [5, 5.41) is 52.6. The van der Waals surface area contributed by atoms with Crippen LogP contribution in [-0.2, 0) is 39.7 Å². The molecule has 2 heterocycles. The molecule has 0 radical (unpaired) electrons. The molecule has 9 aromatic rings. The molecular weight excluding hydrogens is 1040 g/mol. The van der Waals surface area contributed by atoms with Crippen molar-refractivity contribution in [3.05, 3.63) is 141 Å². The Labute approximate surface area is 403 Å². The zero-order valence-electron chi connectivity index (χ0n) is 34.9. The van der Waals surface area contributed by atoms with Crippen LogP contribution in [0, 0.1) is 20.2 Å². The number of hydrogen-bond acceptors (Lipinski definition) is 22. The first-order valence-corrected chi connectivity index (χ1v) is 24.4. The van der Waals surface area contributed by atoms with Crippen LogP contribution in [0.2, 0.25) is 0 Å². The molecule has 28 nitrogen and oxygen atoms in total. The lowest BCUT2D eigenvalue weighted by Crippen LogP contribution is -2.15. The van der Waals surface area contributed by atoms with Gasteiger partial charge >= 0.3 is 11.9 Å². The van der Waals surface area contributed by atoms with Crippen LogP contribution in [0.3, 0.4) is 0 Å². The molecule has 9 rings (SSSR count). The predicted octanol–water partition coefficient (Wildman–Crippen LogP) is 5.88. The minimum absolute atomic E-state index is 0.00208. The van der Waals surface area contributed by atoms with Gasteiger partial charge in [-0.05, 0) is 60.7 Å². The lowest BCUT2D eigenvalue weighted by Gasteiger charge is -2.15. The third-order valence-corrected chi connectivity index (χ3v) is 13.6. The molecule has 2 aromatic heterocycles. The summed E-state index contributed by atoms with van der Waals surface area (Å²) in [6.07, 6.45) is 0. The molecule has 0 saturated heterocycles. The fourth-order valence-electron chi connectivity index (χ4n) is 7.12. The average molecular weight is 1060 g/mol. The number of rotatable bonds is 14. The number of nitro benzene ring substituents is 2. The number of fused-ring (bicyclic) bond motifs is 6. The van der Waals surface area contributed by atoms with E-state index in [1.54, 1.807) is 0 Å². The van der Waals surface area contributed by atoms with E-state index in [-0.39, 0.29) is 71.0 Å². The zero-order chi connectivity index (χ0) is 51.6. The lowest BCUT2D eigenvalue weighted by molar-refractivity contribution is -0.432. The summed E-state index contributed by atoms with van der Waals surface area (Å²) in [5.74, 6) is -3.40. The van der Waals surface area contributed by atoms with Crippen LogP contribution in [0.4, 0.5) is 11.4 Å². The number of hydrogen-bond donors (Lipinski definition) is 4. The molecule has 366 valence electrons. The van der Waals surface area contributed by atoms with Gasteiger partial charge in [-0.15, -0.1) is 34.3 Å². The Hall–Kier alpha value is -8.44. The maximum atomic E-state index is 13.9. The Morgan fingerprint density at radius 2 is 0.972 bits per heavy atom. The van der Waals surface area contributed by atoms with Crippen molar-refractivity contribution in [2.75, 3.05) is 0 Å². The number of benzene rings is 7. The van der Waals surface area contributed by atoms with E-state index in [0.29, 0.717) is 18.1 Å². The second kappa shape index (κ2) is 18.1. The van der Waals surface area contributed by atoms with Crippen LogP contribution in [0.5, 0.6) is 11.5 Å². The third kappa shape index (κ3) is 9.33. The van der Waals surface area contributed by atoms with Crippen molar-refractivity contribution >= 4 is 109 Å². The third-order valence-electron chi connectivity index (χ3n) is 10.4. The first kappa shape index (κ1) is 48.6. The van der Waals surface area contributed by atoms with Crippen molar-refractivity contribution in [2.24, 2.45) is 0 Å². The molecular formula is C40H22N8O20S4. The molecule has 0 aliphatic rings. The molecule has 0 unspecified atom stereocenters. The van der Waals surface area contributed by atoms with Crippen LogP contribution in [0.1, 0.15) is 20.7 Å². The van der Waals surface area contributed by atoms with E-state index in [1.165, 1.54) is 18.2 Å². The normalized spacial score (nSPS) is 12.2. The van der Waals surface area contributed by atoms with Gasteiger partial charge in [0.25, 0.3) is 41.7 Å². The highest BCUT2D eigenvalue weighted by Gasteiger charge is 2.28. The Morgan fingerprint density at radius 1 is 0.542 bits per heavy atom. The summed E-state index contributed by atoms with van der Waals surface area (Å²) < 4.78 is 121. The van der Waals surface area contributed by atoms with Gasteiger partial charge < -0.3 is 9.47 Å². The standard InChI is InChI=1S/C40H22N8O20S4/c49-39(19-1-5-21(6-2-19)47(51)52)65-33-18-32(46-42-30-12-10-26-28(38(30)44-46)14-24(71(59,60)61)16-36(26)72(62,63)64)34(66-40(50)20-3-7-22(8-4-20)48(53)54)17-31(33)45-41-29-11-9-25-27(37(29)43-45)13-23(70(56,57)58)15-35(25)69-68-67-55/h1-18,55H,(H,56,57,58)(H,59,60,61)(H,62,63,64). The molecule has 72 heavy (non-hydrogen) atoms. The minimum Gasteiger partial charge on any atom is -0.420 e. The summed E-state index contributed by atoms with van der Waals surface area (Å²) in [6.45, 7) is 0. The van der Waals surface area contributed by atoms with Crippen molar-refractivity contribution in [3.63, 3.8) is 0 Å². The fraction of sp³-hybridized carbons (Fsp3) is 0. The summed E-state index contributed by atoms with van der Waals surface area (Å²) >= 11 is 0.345. The zero-order valence-corrected chi connectivity index (χ0v) is 38.2. The fourth-order valence-corrected chi connectivity index (χ4v) is 9.62. The number of carbonyl (C=O) groups is 2. The monoisotopic (exact) mass is 1060 g/mol. The second-order valence-corrected chi connectivity index (χ2v) is 19.7. The van der Waals surface area contributed by atoms with Crippen molar-refractivity contribution in [1.29, 1.82) is 0 Å². The van der Waals surface area contributed by atoms with Crippen molar-refractivity contribution in [1.82, 2.24) is 30.0 Å². The molecule has 0 bridgehead atoms. The maximum Gasteiger partial charge on any atom is 0.343 e. The molecule has 0 fully saturated rings. The maximum absolute atomic E-state index is 13.9. The van der Waals surface area contributed by atoms with Crippen LogP contribution >= 0.6 is 12.0 Å². The van der Waals surface area contributed by atoms with Gasteiger partial charge in [-0.2, -0.15) is 25.3 Å². The molecule has 0 aliphatic carbocycles. The number of carbonyl (C=O) groups excluding carboxylic acids is 2. The van der Waals surface area contributed by atoms with Crippen molar-refractivity contribution in [2.45, 2.75) is 19.6 Å². The van der Waals surface area contributed by atoms with Crippen molar-refractivity contribution in [3.8, 4) is 22.9 Å². The minimum atomic E-state index is -5.18. The largest absolute Gasteiger partial charge is 0.420 e. The predicted molar refractivity (Wildman–Crippen MR) is 243 cm³/mol. The first-order valence-electron chi connectivity index (χ1n) is 19.4. The van der Waals surface area contributed by atoms with Crippen LogP contribution in [-0.4, -0.2) is 95.9 Å². The molecule has 0 amide bonds. The van der Waals surface area contributed by atoms with Gasteiger partial charge in [0.2, 0.25) is 0 Å². The second-order valence-electron chi connectivity index (χ2n) is 14.7. The van der Waals surface area contributed by atoms with E-state index in [9.17, 15) is 68.7 Å². The van der Waals surface area contributed by atoms with Gasteiger partial charge in [-0.3, -0.25) is 33.9 Å². The van der Waals surface area contributed by atoms with Crippen LogP contribution < -0.4 is 9.47 Å². The molecule has 7 aromatic carbocycles. The number of aromatic nitrogens is 6. The van der Waals surface area contributed by atoms with Crippen LogP contribution in [0.25, 0.3) is 55.0 Å². The van der Waals surface area contributed by atoms with E-state index in [4.69, 9.17) is 14.7 Å². The Bertz CT molecular complexity index is 4170. The molecule has 0 saturated carbocycles. The highest BCUT2D eigenvalue weighted by molar-refractivity contribution is 7.94. The van der Waals surface area contributed by atoms with Crippen molar-refractivity contribution < 1.29 is 82.5 Å². The number of nitrogens with zero attached hydrogens (tertiary/aromatic N) is 8. The highest BCUT2D eigenvalue weighted by atomic mass is 32.2. The summed E-state index contributed by atoms with van der Waals surface area (Å²) in [5.41, 5.74) is -2.54. The first-order chi connectivity index (χ1) is 34.0. The van der Waals surface area contributed by atoms with E-state index in [1.807, 2.05) is 0 Å². The average Bonchev–Trinajstić information content (AvgIpc) is 3.98. The smallest absolute Gasteiger partial charge is 0.343 e. The molecule has 0 aliphatic heterocycles. The number of nitro groups is 2. The SMILES string of the molecule is O=C(Oc1cc(-n2nc3ccc4c(S(=O)(=O)O)cc(S(=O)(=O)O)cc4c3n2)c(OC(=O)c2ccc([N+](=O)[O-])cc2)cc1-n1nc2ccc3c(SOOO)cc(S(=O)(=O)O)cc3c2n1)c1ccc([N+](=O)[O-])cc1. The number of ether oxygens (including phenoxy) is 2. The quantitative estimate of drug-likeness (QED) is 0.0188. The van der Waals surface area contributed by atoms with E-state index in [2.05, 4.69) is 29.8 Å². The topological polar surface area (TPSA) is 402 Å². The summed E-state index contributed by atoms with van der Waals surface area (Å²) in [6, 6.07) is 18.8. The van der Waals surface area contributed by atoms with Gasteiger partial charge in [-0.1, -0.05) is 17.2 Å². The van der Waals surface area contributed by atoms with Gasteiger partial charge in [0.05, 0.1) is 42.8 Å². The molecule has 4 N–H and O–H groups in total. The van der Waals surface area contributed by atoms with Gasteiger partial charge in [0.15, 0.2) is 11.5 Å². The van der Waals surface area contributed by atoms with E-state index < -0.39 is 89.7 Å².